The fraction of sp³-hybridized carbons (Fsp3) is 0.133. The van der Waals surface area contributed by atoms with E-state index in [0.29, 0.717) is 17.8 Å². The SMILES string of the molecule is CCNc1ccccc1C(=O)Nc1cc(F)cc(Cl)c1. The van der Waals surface area contributed by atoms with Crippen LogP contribution in [0.25, 0.3) is 0 Å². The molecule has 0 aliphatic rings. The van der Waals surface area contributed by atoms with Crippen molar-refractivity contribution in [2.45, 2.75) is 6.92 Å². The van der Waals surface area contributed by atoms with Crippen LogP contribution >= 0.6 is 11.6 Å². The molecule has 20 heavy (non-hydrogen) atoms. The number of hydrogen-bond donors (Lipinski definition) is 2. The van der Waals surface area contributed by atoms with Crippen molar-refractivity contribution in [1.82, 2.24) is 0 Å². The Bertz CT molecular complexity index is 611. The molecule has 0 fully saturated rings. The summed E-state index contributed by atoms with van der Waals surface area (Å²) >= 11 is 5.76. The molecule has 104 valence electrons. The summed E-state index contributed by atoms with van der Waals surface area (Å²) in [7, 11) is 0. The van der Waals surface area contributed by atoms with Crippen LogP contribution in [0.3, 0.4) is 0 Å². The Hall–Kier alpha value is -2.07. The van der Waals surface area contributed by atoms with E-state index < -0.39 is 5.82 Å². The van der Waals surface area contributed by atoms with Gasteiger partial charge in [0.05, 0.1) is 5.56 Å². The van der Waals surface area contributed by atoms with Crippen molar-refractivity contribution >= 4 is 28.9 Å². The molecule has 0 unspecified atom stereocenters. The fourth-order valence-corrected chi connectivity index (χ4v) is 2.07. The minimum atomic E-state index is -0.493. The third kappa shape index (κ3) is 3.48. The minimum Gasteiger partial charge on any atom is -0.385 e. The summed E-state index contributed by atoms with van der Waals surface area (Å²) in [5.41, 5.74) is 1.55. The van der Waals surface area contributed by atoms with Crippen LogP contribution in [0.4, 0.5) is 15.8 Å². The molecule has 0 aliphatic heterocycles. The van der Waals surface area contributed by atoms with E-state index in [9.17, 15) is 9.18 Å². The van der Waals surface area contributed by atoms with Gasteiger partial charge in [0.1, 0.15) is 5.82 Å². The number of nitrogens with one attached hydrogen (secondary N) is 2. The zero-order valence-corrected chi connectivity index (χ0v) is 11.7. The van der Waals surface area contributed by atoms with E-state index in [0.717, 1.165) is 5.69 Å². The predicted octanol–water partition coefficient (Wildman–Crippen LogP) is 4.16. The lowest BCUT2D eigenvalue weighted by Gasteiger charge is -2.11. The van der Waals surface area contributed by atoms with Gasteiger partial charge in [0.25, 0.3) is 5.91 Å². The lowest BCUT2D eigenvalue weighted by molar-refractivity contribution is 0.102. The molecule has 2 N–H and O–H groups in total. The number of carbonyl (C=O) groups excluding carboxylic acids is 1. The zero-order chi connectivity index (χ0) is 14.5. The number of anilines is 2. The normalized spacial score (nSPS) is 10.2. The predicted molar refractivity (Wildman–Crippen MR) is 80.0 cm³/mol. The molecule has 0 aliphatic carbocycles. The Kier molecular flexibility index (Phi) is 4.58. The molecule has 2 aromatic rings. The number of halogens is 2. The van der Waals surface area contributed by atoms with Gasteiger partial charge in [-0.25, -0.2) is 4.39 Å². The van der Waals surface area contributed by atoms with Gasteiger partial charge >= 0.3 is 0 Å². The molecule has 0 bridgehead atoms. The maximum Gasteiger partial charge on any atom is 0.257 e. The topological polar surface area (TPSA) is 41.1 Å². The van der Waals surface area contributed by atoms with Gasteiger partial charge in [0.2, 0.25) is 0 Å². The zero-order valence-electron chi connectivity index (χ0n) is 10.9. The fourth-order valence-electron chi connectivity index (χ4n) is 1.85. The minimum absolute atomic E-state index is 0.236. The smallest absolute Gasteiger partial charge is 0.257 e. The monoisotopic (exact) mass is 292 g/mol. The number of benzene rings is 2. The van der Waals surface area contributed by atoms with Crippen molar-refractivity contribution in [1.29, 1.82) is 0 Å². The summed E-state index contributed by atoms with van der Waals surface area (Å²) in [5.74, 6) is -0.809. The molecule has 2 rings (SSSR count). The summed E-state index contributed by atoms with van der Waals surface area (Å²) in [6.45, 7) is 2.65. The lowest BCUT2D eigenvalue weighted by atomic mass is 10.1. The summed E-state index contributed by atoms with van der Waals surface area (Å²) < 4.78 is 13.2. The Morgan fingerprint density at radius 2 is 2.00 bits per heavy atom. The summed E-state index contributed by atoms with van der Waals surface area (Å²) in [6, 6.07) is 11.0. The van der Waals surface area contributed by atoms with Crippen LogP contribution in [0.15, 0.2) is 42.5 Å². The summed E-state index contributed by atoms with van der Waals surface area (Å²) in [5, 5.41) is 5.98. The first-order valence-electron chi connectivity index (χ1n) is 6.20. The first-order valence-corrected chi connectivity index (χ1v) is 6.58. The second-order valence-corrected chi connectivity index (χ2v) is 4.62. The highest BCUT2D eigenvalue weighted by Gasteiger charge is 2.11. The lowest BCUT2D eigenvalue weighted by Crippen LogP contribution is -2.14. The van der Waals surface area contributed by atoms with Gasteiger partial charge in [-0.15, -0.1) is 0 Å². The van der Waals surface area contributed by atoms with Crippen LogP contribution in [0, 0.1) is 5.82 Å². The molecule has 2 aromatic carbocycles. The van der Waals surface area contributed by atoms with Gasteiger partial charge in [0.15, 0.2) is 0 Å². The van der Waals surface area contributed by atoms with Gasteiger partial charge in [-0.05, 0) is 37.3 Å². The van der Waals surface area contributed by atoms with E-state index in [1.54, 1.807) is 12.1 Å². The largest absolute Gasteiger partial charge is 0.385 e. The Morgan fingerprint density at radius 1 is 1.25 bits per heavy atom. The highest BCUT2D eigenvalue weighted by molar-refractivity contribution is 6.31. The Labute approximate surface area is 121 Å². The molecular formula is C15H14ClFN2O. The molecule has 0 saturated heterocycles. The van der Waals surface area contributed by atoms with Gasteiger partial charge in [-0.1, -0.05) is 23.7 Å². The molecule has 0 atom stereocenters. The molecule has 5 heteroatoms. The molecule has 0 saturated carbocycles. The van der Waals surface area contributed by atoms with Crippen LogP contribution in [-0.4, -0.2) is 12.5 Å². The van der Waals surface area contributed by atoms with Crippen molar-refractivity contribution in [3.63, 3.8) is 0 Å². The number of rotatable bonds is 4. The van der Waals surface area contributed by atoms with Crippen molar-refractivity contribution in [3.05, 3.63) is 58.9 Å². The second-order valence-electron chi connectivity index (χ2n) is 4.19. The van der Waals surface area contributed by atoms with E-state index >= 15 is 0 Å². The first-order chi connectivity index (χ1) is 9.60. The molecule has 3 nitrogen and oxygen atoms in total. The molecule has 0 aromatic heterocycles. The van der Waals surface area contributed by atoms with Gasteiger partial charge in [0, 0.05) is 22.9 Å². The Morgan fingerprint density at radius 3 is 2.70 bits per heavy atom. The highest BCUT2D eigenvalue weighted by atomic mass is 35.5. The van der Waals surface area contributed by atoms with E-state index in [2.05, 4.69) is 10.6 Å². The molecule has 1 amide bonds. The number of amides is 1. The van der Waals surface area contributed by atoms with Crippen LogP contribution in [-0.2, 0) is 0 Å². The van der Waals surface area contributed by atoms with E-state index in [4.69, 9.17) is 11.6 Å². The van der Waals surface area contributed by atoms with Crippen LogP contribution in [0.1, 0.15) is 17.3 Å². The van der Waals surface area contributed by atoms with Crippen molar-refractivity contribution in [2.75, 3.05) is 17.2 Å². The average molecular weight is 293 g/mol. The van der Waals surface area contributed by atoms with Crippen LogP contribution < -0.4 is 10.6 Å². The molecule has 0 spiro atoms. The quantitative estimate of drug-likeness (QED) is 0.888. The average Bonchev–Trinajstić information content (AvgIpc) is 2.38. The van der Waals surface area contributed by atoms with E-state index in [1.165, 1.54) is 18.2 Å². The maximum atomic E-state index is 13.2. The van der Waals surface area contributed by atoms with E-state index in [1.807, 2.05) is 19.1 Å². The van der Waals surface area contributed by atoms with E-state index in [-0.39, 0.29) is 10.9 Å². The third-order valence-electron chi connectivity index (χ3n) is 2.66. The maximum absolute atomic E-state index is 13.2. The molecular weight excluding hydrogens is 279 g/mol. The summed E-state index contributed by atoms with van der Waals surface area (Å²) in [6.07, 6.45) is 0. The van der Waals surface area contributed by atoms with Crippen molar-refractivity contribution in [3.8, 4) is 0 Å². The number of carbonyl (C=O) groups is 1. The molecule has 0 radical (unpaired) electrons. The van der Waals surface area contributed by atoms with Crippen LogP contribution in [0.5, 0.6) is 0 Å². The van der Waals surface area contributed by atoms with Crippen molar-refractivity contribution < 1.29 is 9.18 Å². The second kappa shape index (κ2) is 6.39. The first kappa shape index (κ1) is 14.3. The third-order valence-corrected chi connectivity index (χ3v) is 2.88. The standard InChI is InChI=1S/C15H14ClFN2O/c1-2-18-14-6-4-3-5-13(14)15(20)19-12-8-10(16)7-11(17)9-12/h3-9,18H,2H2,1H3,(H,19,20). The number of para-hydroxylation sites is 1. The number of hydrogen-bond acceptors (Lipinski definition) is 2. The summed E-state index contributed by atoms with van der Waals surface area (Å²) in [4.78, 5) is 12.2. The van der Waals surface area contributed by atoms with Crippen LogP contribution in [0.2, 0.25) is 5.02 Å². The van der Waals surface area contributed by atoms with Gasteiger partial charge < -0.3 is 10.6 Å². The Balaban J connectivity index is 2.23. The highest BCUT2D eigenvalue weighted by Crippen LogP contribution is 2.21. The van der Waals surface area contributed by atoms with Crippen molar-refractivity contribution in [2.24, 2.45) is 0 Å². The molecule has 0 heterocycles. The van der Waals surface area contributed by atoms with Gasteiger partial charge in [-0.2, -0.15) is 0 Å². The van der Waals surface area contributed by atoms with Gasteiger partial charge in [-0.3, -0.25) is 4.79 Å².